The van der Waals surface area contributed by atoms with Crippen molar-refractivity contribution in [1.29, 1.82) is 5.41 Å². The third kappa shape index (κ3) is 3.29. The first-order chi connectivity index (χ1) is 15.1. The van der Waals surface area contributed by atoms with E-state index in [1.165, 1.54) is 10.9 Å². The molecule has 0 amide bonds. The minimum atomic E-state index is -0.385. The highest BCUT2D eigenvalue weighted by molar-refractivity contribution is 6.06. The van der Waals surface area contributed by atoms with E-state index in [4.69, 9.17) is 14.6 Å². The molecule has 152 valence electrons. The van der Waals surface area contributed by atoms with Gasteiger partial charge in [0, 0.05) is 0 Å². The lowest BCUT2D eigenvalue weighted by Gasteiger charge is -2.11. The molecule has 0 spiro atoms. The zero-order valence-corrected chi connectivity index (χ0v) is 16.5. The predicted molar refractivity (Wildman–Crippen MR) is 113 cm³/mol. The van der Waals surface area contributed by atoms with Crippen molar-refractivity contribution in [2.24, 2.45) is 0 Å². The van der Waals surface area contributed by atoms with Crippen LogP contribution in [-0.4, -0.2) is 32.6 Å². The van der Waals surface area contributed by atoms with Crippen LogP contribution in [0.15, 0.2) is 77.4 Å². The Morgan fingerprint density at radius 1 is 1.10 bits per heavy atom. The van der Waals surface area contributed by atoms with Crippen molar-refractivity contribution in [3.8, 4) is 22.8 Å². The summed E-state index contributed by atoms with van der Waals surface area (Å²) in [5.74, 6) is 0.937. The van der Waals surface area contributed by atoms with Crippen LogP contribution in [0, 0.1) is 5.41 Å². The summed E-state index contributed by atoms with van der Waals surface area (Å²) < 4.78 is 11.9. The van der Waals surface area contributed by atoms with Gasteiger partial charge in [-0.1, -0.05) is 12.1 Å². The average molecular weight is 411 g/mol. The largest absolute Gasteiger partial charge is 0.497 e. The Balaban J connectivity index is 1.73. The zero-order chi connectivity index (χ0) is 21.4. The molecule has 0 fully saturated rings. The summed E-state index contributed by atoms with van der Waals surface area (Å²) in [5.41, 5.74) is 2.87. The number of fused-ring (bicyclic) bond motifs is 1. The fourth-order valence-electron chi connectivity index (χ4n) is 3.32. The molecule has 3 heterocycles. The second kappa shape index (κ2) is 7.42. The topological polar surface area (TPSA) is 110 Å². The molecule has 0 unspecified atom stereocenters. The van der Waals surface area contributed by atoms with Gasteiger partial charge in [0.1, 0.15) is 17.3 Å². The number of aromatic nitrogens is 4. The number of ketones is 1. The van der Waals surface area contributed by atoms with E-state index in [2.05, 4.69) is 15.1 Å². The Labute approximate surface area is 176 Å². The van der Waals surface area contributed by atoms with E-state index in [0.29, 0.717) is 22.8 Å². The van der Waals surface area contributed by atoms with Gasteiger partial charge in [0.25, 0.3) is 0 Å². The molecule has 0 atom stereocenters. The number of benzene rings is 2. The summed E-state index contributed by atoms with van der Waals surface area (Å²) in [6.45, 7) is 0. The Hall–Kier alpha value is -4.46. The molecule has 2 N–H and O–H groups in total. The normalized spacial score (nSPS) is 11.0. The SMILES string of the molecule is COc1ccc(-n2nc(C(=O)c3ccco3)cc(-c3nc4ccccc4[nH]3)c2=N)cc1. The van der Waals surface area contributed by atoms with Gasteiger partial charge in [-0.2, -0.15) is 5.10 Å². The minimum Gasteiger partial charge on any atom is -0.497 e. The first kappa shape index (κ1) is 18.6. The Kier molecular flexibility index (Phi) is 4.44. The van der Waals surface area contributed by atoms with Crippen LogP contribution < -0.4 is 10.2 Å². The van der Waals surface area contributed by atoms with E-state index in [9.17, 15) is 4.79 Å². The molecule has 0 aliphatic rings. The Morgan fingerprint density at radius 2 is 1.90 bits per heavy atom. The van der Waals surface area contributed by atoms with Gasteiger partial charge in [-0.25, -0.2) is 9.67 Å². The maximum Gasteiger partial charge on any atom is 0.248 e. The number of hydrogen-bond acceptors (Lipinski definition) is 6. The van der Waals surface area contributed by atoms with Gasteiger partial charge in [0.15, 0.2) is 11.2 Å². The predicted octanol–water partition coefficient (Wildman–Crippen LogP) is 3.73. The van der Waals surface area contributed by atoms with Crippen molar-refractivity contribution >= 4 is 16.8 Å². The molecule has 0 bridgehead atoms. The molecule has 3 aromatic heterocycles. The highest BCUT2D eigenvalue weighted by Gasteiger charge is 2.19. The third-order valence-corrected chi connectivity index (χ3v) is 4.89. The fraction of sp³-hybridized carbons (Fsp3) is 0.0435. The van der Waals surface area contributed by atoms with Gasteiger partial charge in [0.2, 0.25) is 5.78 Å². The second-order valence-corrected chi connectivity index (χ2v) is 6.81. The summed E-state index contributed by atoms with van der Waals surface area (Å²) in [4.78, 5) is 20.8. The number of nitrogens with zero attached hydrogens (tertiary/aromatic N) is 3. The molecule has 0 saturated carbocycles. The molecule has 0 saturated heterocycles. The number of para-hydroxylation sites is 2. The van der Waals surface area contributed by atoms with Crippen molar-refractivity contribution in [3.63, 3.8) is 0 Å². The van der Waals surface area contributed by atoms with Crippen molar-refractivity contribution in [2.45, 2.75) is 0 Å². The number of H-pyrrole nitrogens is 1. The number of hydrogen-bond donors (Lipinski definition) is 2. The van der Waals surface area contributed by atoms with Crippen LogP contribution in [0.25, 0.3) is 28.1 Å². The van der Waals surface area contributed by atoms with Crippen LogP contribution in [-0.2, 0) is 0 Å². The van der Waals surface area contributed by atoms with E-state index < -0.39 is 0 Å². The summed E-state index contributed by atoms with van der Waals surface area (Å²) in [6.07, 6.45) is 1.43. The van der Waals surface area contributed by atoms with Crippen LogP contribution in [0.5, 0.6) is 5.75 Å². The maximum absolute atomic E-state index is 13.0. The Bertz CT molecular complexity index is 1410. The highest BCUT2D eigenvalue weighted by atomic mass is 16.5. The molecule has 0 aliphatic heterocycles. The number of carbonyl (C=O) groups excluding carboxylic acids is 1. The average Bonchev–Trinajstić information content (AvgIpc) is 3.49. The summed E-state index contributed by atoms with van der Waals surface area (Å²) in [6, 6.07) is 19.4. The Morgan fingerprint density at radius 3 is 2.61 bits per heavy atom. The van der Waals surface area contributed by atoms with Crippen LogP contribution in [0.4, 0.5) is 0 Å². The van der Waals surface area contributed by atoms with E-state index in [1.807, 2.05) is 24.3 Å². The molecule has 5 rings (SSSR count). The smallest absolute Gasteiger partial charge is 0.248 e. The van der Waals surface area contributed by atoms with Crippen LogP contribution in [0.3, 0.4) is 0 Å². The molecule has 8 nitrogen and oxygen atoms in total. The number of furan rings is 1. The van der Waals surface area contributed by atoms with E-state index in [1.54, 1.807) is 49.6 Å². The monoisotopic (exact) mass is 411 g/mol. The number of rotatable bonds is 5. The molecular formula is C23H17N5O3. The zero-order valence-electron chi connectivity index (χ0n) is 16.5. The van der Waals surface area contributed by atoms with Gasteiger partial charge in [-0.05, 0) is 54.6 Å². The molecule has 5 aromatic rings. The summed E-state index contributed by atoms with van der Waals surface area (Å²) in [7, 11) is 1.58. The van der Waals surface area contributed by atoms with Gasteiger partial charge >= 0.3 is 0 Å². The molecule has 8 heteroatoms. The van der Waals surface area contributed by atoms with Gasteiger partial charge in [0.05, 0.1) is 35.7 Å². The van der Waals surface area contributed by atoms with Gasteiger partial charge in [-0.3, -0.25) is 10.2 Å². The highest BCUT2D eigenvalue weighted by Crippen LogP contribution is 2.21. The summed E-state index contributed by atoms with van der Waals surface area (Å²) in [5, 5.41) is 13.2. The number of nitrogens with one attached hydrogen (secondary N) is 2. The van der Waals surface area contributed by atoms with E-state index >= 15 is 0 Å². The number of methoxy groups -OCH3 is 1. The number of aromatic amines is 1. The molecule has 0 radical (unpaired) electrons. The summed E-state index contributed by atoms with van der Waals surface area (Å²) >= 11 is 0. The van der Waals surface area contributed by atoms with E-state index in [0.717, 1.165) is 11.0 Å². The lowest BCUT2D eigenvalue weighted by atomic mass is 10.1. The van der Waals surface area contributed by atoms with Crippen LogP contribution >= 0.6 is 0 Å². The first-order valence-electron chi connectivity index (χ1n) is 9.51. The number of carbonyl (C=O) groups is 1. The minimum absolute atomic E-state index is 0.0835. The molecule has 2 aromatic carbocycles. The lowest BCUT2D eigenvalue weighted by Crippen LogP contribution is -2.26. The van der Waals surface area contributed by atoms with Crippen LogP contribution in [0.1, 0.15) is 16.2 Å². The molecule has 0 aliphatic carbocycles. The van der Waals surface area contributed by atoms with Crippen molar-refractivity contribution in [2.75, 3.05) is 7.11 Å². The lowest BCUT2D eigenvalue weighted by molar-refractivity contribution is 0.100. The number of imidazole rings is 1. The van der Waals surface area contributed by atoms with E-state index in [-0.39, 0.29) is 22.7 Å². The van der Waals surface area contributed by atoms with Gasteiger partial charge in [-0.15, -0.1) is 0 Å². The molecular weight excluding hydrogens is 394 g/mol. The van der Waals surface area contributed by atoms with Crippen molar-refractivity contribution in [1.82, 2.24) is 19.7 Å². The van der Waals surface area contributed by atoms with Gasteiger partial charge < -0.3 is 14.1 Å². The second-order valence-electron chi connectivity index (χ2n) is 6.81. The van der Waals surface area contributed by atoms with Crippen molar-refractivity contribution in [3.05, 3.63) is 89.9 Å². The quantitative estimate of drug-likeness (QED) is 0.428. The maximum atomic E-state index is 13.0. The van der Waals surface area contributed by atoms with Crippen LogP contribution in [0.2, 0.25) is 0 Å². The fourth-order valence-corrected chi connectivity index (χ4v) is 3.32. The molecule has 31 heavy (non-hydrogen) atoms. The third-order valence-electron chi connectivity index (χ3n) is 4.89. The first-order valence-corrected chi connectivity index (χ1v) is 9.51. The number of ether oxygens (including phenoxy) is 1. The van der Waals surface area contributed by atoms with Crippen molar-refractivity contribution < 1.29 is 13.9 Å². The standard InChI is InChI=1S/C23H17N5O3/c1-30-15-10-8-14(9-11-15)28-22(24)16(23-25-17-5-2-3-6-18(17)26-23)13-19(27-28)21(29)20-7-4-12-31-20/h2-13,24H,1H3,(H,25,26).